The maximum Gasteiger partial charge on any atom is 0.256 e. The number of aromatic nitrogens is 4. The van der Waals surface area contributed by atoms with Crippen LogP contribution in [0, 0.1) is 0 Å². The number of rotatable bonds is 5. The molecule has 0 N–H and O–H groups in total. The Balaban J connectivity index is 1.34. The van der Waals surface area contributed by atoms with Crippen molar-refractivity contribution < 1.29 is 9.21 Å². The number of para-hydroxylation sites is 1. The van der Waals surface area contributed by atoms with Crippen LogP contribution in [0.1, 0.15) is 41.9 Å². The van der Waals surface area contributed by atoms with Crippen molar-refractivity contribution in [2.24, 2.45) is 0 Å². The Kier molecular flexibility index (Phi) is 6.10. The Labute approximate surface area is 215 Å². The van der Waals surface area contributed by atoms with Crippen molar-refractivity contribution in [2.45, 2.75) is 31.7 Å². The first-order chi connectivity index (χ1) is 18.2. The number of piperidine rings is 1. The van der Waals surface area contributed by atoms with Crippen LogP contribution in [0.4, 0.5) is 0 Å². The zero-order valence-corrected chi connectivity index (χ0v) is 20.6. The third-order valence-corrected chi connectivity index (χ3v) is 6.99. The lowest BCUT2D eigenvalue weighted by Crippen LogP contribution is -2.45. The number of hydrogen-bond donors (Lipinski definition) is 0. The maximum atomic E-state index is 13.8. The molecule has 184 valence electrons. The molecule has 1 aliphatic rings. The van der Waals surface area contributed by atoms with E-state index in [1.165, 1.54) is 4.80 Å². The van der Waals surface area contributed by atoms with E-state index in [0.717, 1.165) is 35.4 Å². The molecule has 1 fully saturated rings. The summed E-state index contributed by atoms with van der Waals surface area (Å²) in [6.45, 7) is 2.63. The minimum Gasteiger partial charge on any atom is -0.440 e. The minimum absolute atomic E-state index is 0.00457. The van der Waals surface area contributed by atoms with Gasteiger partial charge in [0.15, 0.2) is 11.7 Å². The number of oxazole rings is 1. The smallest absolute Gasteiger partial charge is 0.256 e. The molecule has 0 spiro atoms. The topological polar surface area (TPSA) is 77.0 Å². The second-order valence-corrected chi connectivity index (χ2v) is 9.38. The van der Waals surface area contributed by atoms with Crippen molar-refractivity contribution in [1.29, 1.82) is 0 Å². The molecule has 2 aromatic heterocycles. The zero-order valence-electron chi connectivity index (χ0n) is 20.6. The summed E-state index contributed by atoms with van der Waals surface area (Å²) in [5, 5.41) is 8.47. The van der Waals surface area contributed by atoms with E-state index < -0.39 is 0 Å². The zero-order chi connectivity index (χ0) is 25.2. The molecule has 6 rings (SSSR count). The SMILES string of the molecule is C[C@@H]1CC[C@@H](c2nc(-c3ccccc3)c(-c3ccccc3)o2)CN1C(=O)c1ccccc1-n1nccn1. The van der Waals surface area contributed by atoms with Crippen LogP contribution >= 0.6 is 0 Å². The van der Waals surface area contributed by atoms with Crippen LogP contribution in [0.2, 0.25) is 0 Å². The second-order valence-electron chi connectivity index (χ2n) is 9.38. The molecule has 0 unspecified atom stereocenters. The van der Waals surface area contributed by atoms with Crippen LogP contribution in [0.15, 0.2) is 102 Å². The maximum absolute atomic E-state index is 13.8. The Hall–Kier alpha value is -4.52. The molecule has 3 aromatic carbocycles. The average molecular weight is 490 g/mol. The third kappa shape index (κ3) is 4.44. The van der Waals surface area contributed by atoms with Crippen molar-refractivity contribution in [1.82, 2.24) is 24.9 Å². The molecule has 7 nitrogen and oxygen atoms in total. The third-order valence-electron chi connectivity index (χ3n) is 6.99. The standard InChI is InChI=1S/C30H27N5O2/c1-21-16-17-24(20-34(21)30(36)25-14-8-9-15-26(25)35-31-18-19-32-35)29-33-27(22-10-4-2-5-11-22)28(37-29)23-12-6-3-7-13-23/h2-15,18-19,21,24H,16-17,20H2,1H3/t21-,24-/m1/s1. The quantitative estimate of drug-likeness (QED) is 0.303. The normalized spacial score (nSPS) is 17.6. The molecule has 0 radical (unpaired) electrons. The molecule has 0 bridgehead atoms. The predicted molar refractivity (Wildman–Crippen MR) is 141 cm³/mol. The molecular weight excluding hydrogens is 462 g/mol. The number of amides is 1. The van der Waals surface area contributed by atoms with Gasteiger partial charge < -0.3 is 9.32 Å². The van der Waals surface area contributed by atoms with Gasteiger partial charge in [-0.2, -0.15) is 15.0 Å². The van der Waals surface area contributed by atoms with Crippen LogP contribution in [0.5, 0.6) is 0 Å². The second kappa shape index (κ2) is 9.85. The van der Waals surface area contributed by atoms with Crippen LogP contribution < -0.4 is 0 Å². The minimum atomic E-state index is -0.0387. The molecule has 1 amide bonds. The van der Waals surface area contributed by atoms with Gasteiger partial charge in [0.1, 0.15) is 5.69 Å². The highest BCUT2D eigenvalue weighted by atomic mass is 16.4. The van der Waals surface area contributed by atoms with Gasteiger partial charge in [-0.15, -0.1) is 0 Å². The van der Waals surface area contributed by atoms with E-state index in [0.29, 0.717) is 23.7 Å². The van der Waals surface area contributed by atoms with E-state index >= 15 is 0 Å². The summed E-state index contributed by atoms with van der Waals surface area (Å²) < 4.78 is 6.47. The van der Waals surface area contributed by atoms with Crippen molar-refractivity contribution in [2.75, 3.05) is 6.54 Å². The molecule has 2 atom stereocenters. The van der Waals surface area contributed by atoms with E-state index in [4.69, 9.17) is 9.40 Å². The number of carbonyl (C=O) groups excluding carboxylic acids is 1. The number of likely N-dealkylation sites (tertiary alicyclic amines) is 1. The summed E-state index contributed by atoms with van der Waals surface area (Å²) in [6, 6.07) is 27.7. The van der Waals surface area contributed by atoms with Gasteiger partial charge in [0.25, 0.3) is 5.91 Å². The lowest BCUT2D eigenvalue weighted by molar-refractivity contribution is 0.0597. The first-order valence-electron chi connectivity index (χ1n) is 12.6. The summed E-state index contributed by atoms with van der Waals surface area (Å²) in [6.07, 6.45) is 4.98. The van der Waals surface area contributed by atoms with Crippen LogP contribution in [-0.2, 0) is 0 Å². The Morgan fingerprint density at radius 1 is 0.838 bits per heavy atom. The number of hydrogen-bond acceptors (Lipinski definition) is 5. The largest absolute Gasteiger partial charge is 0.440 e. The molecule has 0 saturated carbocycles. The van der Waals surface area contributed by atoms with Gasteiger partial charge in [-0.25, -0.2) is 4.98 Å². The van der Waals surface area contributed by atoms with Gasteiger partial charge in [0.05, 0.1) is 29.6 Å². The fourth-order valence-electron chi connectivity index (χ4n) is 5.00. The van der Waals surface area contributed by atoms with E-state index in [1.54, 1.807) is 12.4 Å². The van der Waals surface area contributed by atoms with Crippen LogP contribution in [0.3, 0.4) is 0 Å². The molecule has 7 heteroatoms. The van der Waals surface area contributed by atoms with Gasteiger partial charge in [-0.3, -0.25) is 4.79 Å². The fraction of sp³-hybridized carbons (Fsp3) is 0.200. The Morgan fingerprint density at radius 2 is 1.49 bits per heavy atom. The summed E-state index contributed by atoms with van der Waals surface area (Å²) in [5.74, 6) is 1.39. The molecule has 0 aliphatic carbocycles. The highest BCUT2D eigenvalue weighted by Crippen LogP contribution is 2.38. The van der Waals surface area contributed by atoms with Gasteiger partial charge in [0.2, 0.25) is 0 Å². The van der Waals surface area contributed by atoms with Crippen LogP contribution in [0.25, 0.3) is 28.3 Å². The van der Waals surface area contributed by atoms with Crippen molar-refractivity contribution in [3.05, 3.63) is 109 Å². The van der Waals surface area contributed by atoms with E-state index in [1.807, 2.05) is 89.8 Å². The highest BCUT2D eigenvalue weighted by Gasteiger charge is 2.34. The van der Waals surface area contributed by atoms with Gasteiger partial charge >= 0.3 is 0 Å². The summed E-state index contributed by atoms with van der Waals surface area (Å²) in [5.41, 5.74) is 4.06. The molecule has 5 aromatic rings. The highest BCUT2D eigenvalue weighted by molar-refractivity contribution is 5.98. The fourth-order valence-corrected chi connectivity index (χ4v) is 5.00. The molecule has 1 aliphatic heterocycles. The Bertz CT molecular complexity index is 1440. The first kappa shape index (κ1) is 22.9. The van der Waals surface area contributed by atoms with Crippen molar-refractivity contribution in [3.63, 3.8) is 0 Å². The lowest BCUT2D eigenvalue weighted by Gasteiger charge is -2.37. The lowest BCUT2D eigenvalue weighted by atomic mass is 9.92. The van der Waals surface area contributed by atoms with E-state index in [9.17, 15) is 4.79 Å². The Morgan fingerprint density at radius 3 is 2.22 bits per heavy atom. The molecule has 1 saturated heterocycles. The predicted octanol–water partition coefficient (Wildman–Crippen LogP) is 6.00. The van der Waals surface area contributed by atoms with Crippen molar-refractivity contribution >= 4 is 5.91 Å². The molecular formula is C30H27N5O2. The molecule has 3 heterocycles. The average Bonchev–Trinajstić information content (AvgIpc) is 3.65. The first-order valence-corrected chi connectivity index (χ1v) is 12.6. The van der Waals surface area contributed by atoms with E-state index in [2.05, 4.69) is 17.1 Å². The monoisotopic (exact) mass is 489 g/mol. The van der Waals surface area contributed by atoms with Crippen LogP contribution in [-0.4, -0.2) is 43.4 Å². The van der Waals surface area contributed by atoms with Gasteiger partial charge in [-0.1, -0.05) is 72.8 Å². The van der Waals surface area contributed by atoms with Gasteiger partial charge in [-0.05, 0) is 31.9 Å². The number of nitrogens with zero attached hydrogens (tertiary/aromatic N) is 5. The summed E-state index contributed by atoms with van der Waals surface area (Å²) in [7, 11) is 0. The van der Waals surface area contributed by atoms with Gasteiger partial charge in [0, 0.05) is 23.7 Å². The van der Waals surface area contributed by atoms with E-state index in [-0.39, 0.29) is 17.9 Å². The van der Waals surface area contributed by atoms with Crippen molar-refractivity contribution in [3.8, 4) is 28.3 Å². The molecule has 37 heavy (non-hydrogen) atoms. The number of benzene rings is 3. The summed E-state index contributed by atoms with van der Waals surface area (Å²) in [4.78, 5) is 22.3. The number of carbonyl (C=O) groups is 1. The summed E-state index contributed by atoms with van der Waals surface area (Å²) >= 11 is 0.